The minimum Gasteiger partial charge on any atom is -0.271 e. The van der Waals surface area contributed by atoms with Crippen LogP contribution in [-0.2, 0) is 10.2 Å². The van der Waals surface area contributed by atoms with Gasteiger partial charge in [-0.25, -0.2) is 0 Å². The number of aryl methyl sites for hydroxylation is 1. The predicted molar refractivity (Wildman–Crippen MR) is 65.5 cm³/mol. The summed E-state index contributed by atoms with van der Waals surface area (Å²) in [4.78, 5) is 0. The minimum atomic E-state index is -4.60. The van der Waals surface area contributed by atoms with Gasteiger partial charge in [0.1, 0.15) is 6.54 Å². The van der Waals surface area contributed by atoms with Crippen molar-refractivity contribution in [1.29, 1.82) is 0 Å². The van der Waals surface area contributed by atoms with E-state index < -0.39 is 22.9 Å². The molecule has 0 aliphatic rings. The number of hydrogen-bond donors (Lipinski definition) is 2. The fraction of sp³-hybridized carbons (Fsp3) is 0.333. The molecule has 0 heterocycles. The summed E-state index contributed by atoms with van der Waals surface area (Å²) >= 11 is 3.14. The number of anilines is 1. The van der Waals surface area contributed by atoms with Gasteiger partial charge in [0.15, 0.2) is 0 Å². The second-order valence-corrected chi connectivity index (χ2v) is 5.92. The summed E-state index contributed by atoms with van der Waals surface area (Å²) in [5, 5.41) is 0. The van der Waals surface area contributed by atoms with Gasteiger partial charge in [-0.3, -0.25) is 4.72 Å². The number of hydrogen-bond acceptors (Lipinski definition) is 2. The van der Waals surface area contributed by atoms with Gasteiger partial charge in [-0.2, -0.15) is 26.3 Å². The van der Waals surface area contributed by atoms with Crippen LogP contribution in [0.4, 0.5) is 18.9 Å². The van der Waals surface area contributed by atoms with Gasteiger partial charge in [-0.1, -0.05) is 22.0 Å². The van der Waals surface area contributed by atoms with E-state index in [9.17, 15) is 21.6 Å². The van der Waals surface area contributed by atoms with Crippen molar-refractivity contribution in [2.75, 3.05) is 11.3 Å². The predicted octanol–water partition coefficient (Wildman–Crippen LogP) is 2.57. The average Bonchev–Trinajstić information content (AvgIpc) is 2.20. The molecule has 1 aromatic carbocycles. The Morgan fingerprint density at radius 2 is 1.94 bits per heavy atom. The van der Waals surface area contributed by atoms with E-state index in [1.54, 1.807) is 19.1 Å². The Bertz CT molecular complexity index is 531. The fourth-order valence-corrected chi connectivity index (χ4v) is 2.36. The van der Waals surface area contributed by atoms with E-state index >= 15 is 0 Å². The Hall–Kier alpha value is -0.800. The fourth-order valence-electron chi connectivity index (χ4n) is 1.06. The molecule has 0 bridgehead atoms. The largest absolute Gasteiger partial charge is 0.402 e. The van der Waals surface area contributed by atoms with Crippen molar-refractivity contribution < 1.29 is 21.6 Å². The second kappa shape index (κ2) is 5.45. The SMILES string of the molecule is Cc1ccc(Br)cc1NS(=O)(=O)NCC(F)(F)F. The zero-order valence-corrected chi connectivity index (χ0v) is 11.6. The highest BCUT2D eigenvalue weighted by Crippen LogP contribution is 2.21. The zero-order chi connectivity index (χ0) is 14.0. The minimum absolute atomic E-state index is 0.207. The molecule has 0 saturated carbocycles. The smallest absolute Gasteiger partial charge is 0.271 e. The van der Waals surface area contributed by atoms with E-state index in [4.69, 9.17) is 0 Å². The van der Waals surface area contributed by atoms with Crippen LogP contribution in [0.2, 0.25) is 0 Å². The van der Waals surface area contributed by atoms with Crippen LogP contribution in [0.1, 0.15) is 5.56 Å². The Balaban J connectivity index is 2.80. The van der Waals surface area contributed by atoms with Crippen LogP contribution in [-0.4, -0.2) is 21.1 Å². The van der Waals surface area contributed by atoms with E-state index in [0.717, 1.165) is 0 Å². The number of rotatable bonds is 4. The monoisotopic (exact) mass is 346 g/mol. The van der Waals surface area contributed by atoms with Crippen LogP contribution < -0.4 is 9.44 Å². The first-order valence-corrected chi connectivity index (χ1v) is 6.97. The Labute approximate surface area is 111 Å². The third-order valence-electron chi connectivity index (χ3n) is 1.91. The van der Waals surface area contributed by atoms with Crippen molar-refractivity contribution in [3.8, 4) is 0 Å². The molecule has 0 aliphatic carbocycles. The molecular weight excluding hydrogens is 337 g/mol. The van der Waals surface area contributed by atoms with Gasteiger partial charge in [0.2, 0.25) is 0 Å². The molecule has 0 aromatic heterocycles. The van der Waals surface area contributed by atoms with Crippen LogP contribution in [0, 0.1) is 6.92 Å². The molecule has 0 fully saturated rings. The molecule has 0 amide bonds. The normalized spacial score (nSPS) is 12.5. The van der Waals surface area contributed by atoms with Gasteiger partial charge in [0, 0.05) is 4.47 Å². The van der Waals surface area contributed by atoms with Crippen LogP contribution in [0.5, 0.6) is 0 Å². The molecule has 4 nitrogen and oxygen atoms in total. The van der Waals surface area contributed by atoms with Crippen molar-refractivity contribution in [3.63, 3.8) is 0 Å². The lowest BCUT2D eigenvalue weighted by Gasteiger charge is -2.13. The summed E-state index contributed by atoms with van der Waals surface area (Å²) in [6, 6.07) is 4.78. The molecule has 0 radical (unpaired) electrons. The lowest BCUT2D eigenvalue weighted by Crippen LogP contribution is -2.37. The third-order valence-corrected chi connectivity index (χ3v) is 3.41. The second-order valence-electron chi connectivity index (χ2n) is 3.50. The molecule has 1 aromatic rings. The third kappa shape index (κ3) is 5.23. The molecule has 0 aliphatic heterocycles. The van der Waals surface area contributed by atoms with Crippen molar-refractivity contribution in [2.45, 2.75) is 13.1 Å². The highest BCUT2D eigenvalue weighted by Gasteiger charge is 2.29. The maximum Gasteiger partial charge on any atom is 0.402 e. The molecule has 0 unspecified atom stereocenters. The molecule has 1 rings (SSSR count). The molecule has 2 N–H and O–H groups in total. The van der Waals surface area contributed by atoms with Crippen LogP contribution >= 0.6 is 15.9 Å². The first-order valence-electron chi connectivity index (χ1n) is 4.69. The highest BCUT2D eigenvalue weighted by atomic mass is 79.9. The van der Waals surface area contributed by atoms with Gasteiger partial charge >= 0.3 is 6.18 Å². The van der Waals surface area contributed by atoms with Gasteiger partial charge in [-0.15, -0.1) is 0 Å². The number of alkyl halides is 3. The van der Waals surface area contributed by atoms with Gasteiger partial charge in [0.05, 0.1) is 5.69 Å². The quantitative estimate of drug-likeness (QED) is 0.880. The van der Waals surface area contributed by atoms with Gasteiger partial charge < -0.3 is 0 Å². The van der Waals surface area contributed by atoms with Crippen LogP contribution in [0.3, 0.4) is 0 Å². The van der Waals surface area contributed by atoms with Crippen molar-refractivity contribution in [1.82, 2.24) is 4.72 Å². The standard InChI is InChI=1S/C9H10BrF3N2O2S/c1-6-2-3-7(10)4-8(6)15-18(16,17)14-5-9(11,12)13/h2-4,14-15H,5H2,1H3. The van der Waals surface area contributed by atoms with E-state index in [0.29, 0.717) is 10.0 Å². The van der Waals surface area contributed by atoms with Crippen molar-refractivity contribution >= 4 is 31.8 Å². The molecule has 0 spiro atoms. The van der Waals surface area contributed by atoms with E-state index in [2.05, 4.69) is 15.9 Å². The van der Waals surface area contributed by atoms with Crippen molar-refractivity contribution in [3.05, 3.63) is 28.2 Å². The molecule has 102 valence electrons. The Kier molecular flexibility index (Phi) is 4.62. The highest BCUT2D eigenvalue weighted by molar-refractivity contribution is 9.10. The molecule has 18 heavy (non-hydrogen) atoms. The lowest BCUT2D eigenvalue weighted by molar-refractivity contribution is -0.121. The Morgan fingerprint density at radius 1 is 1.33 bits per heavy atom. The topological polar surface area (TPSA) is 58.2 Å². The zero-order valence-electron chi connectivity index (χ0n) is 9.18. The molecule has 9 heteroatoms. The van der Waals surface area contributed by atoms with Crippen LogP contribution in [0.15, 0.2) is 22.7 Å². The summed E-state index contributed by atoms with van der Waals surface area (Å²) in [6.45, 7) is 0.0173. The number of nitrogens with one attached hydrogen (secondary N) is 2. The van der Waals surface area contributed by atoms with Gasteiger partial charge in [-0.05, 0) is 24.6 Å². The van der Waals surface area contributed by atoms with E-state index in [-0.39, 0.29) is 5.69 Å². The van der Waals surface area contributed by atoms with E-state index in [1.807, 2.05) is 4.72 Å². The maximum absolute atomic E-state index is 11.9. The van der Waals surface area contributed by atoms with Crippen LogP contribution in [0.25, 0.3) is 0 Å². The first-order chi connectivity index (χ1) is 8.09. The Morgan fingerprint density at radius 3 is 2.50 bits per heavy atom. The average molecular weight is 347 g/mol. The number of halogens is 4. The molecule has 0 saturated heterocycles. The summed E-state index contributed by atoms with van der Waals surface area (Å²) in [7, 11) is -4.25. The summed E-state index contributed by atoms with van der Waals surface area (Å²) < 4.78 is 62.5. The van der Waals surface area contributed by atoms with Crippen molar-refractivity contribution in [2.24, 2.45) is 0 Å². The molecular formula is C9H10BrF3N2O2S. The summed E-state index contributed by atoms with van der Waals surface area (Å²) in [5.41, 5.74) is 0.801. The summed E-state index contributed by atoms with van der Waals surface area (Å²) in [5.74, 6) is 0. The molecule has 0 atom stereocenters. The maximum atomic E-state index is 11.9. The first kappa shape index (κ1) is 15.3. The van der Waals surface area contributed by atoms with Gasteiger partial charge in [0.25, 0.3) is 10.2 Å². The number of benzene rings is 1. The lowest BCUT2D eigenvalue weighted by atomic mass is 10.2. The summed E-state index contributed by atoms with van der Waals surface area (Å²) in [6.07, 6.45) is -4.60. The van der Waals surface area contributed by atoms with E-state index in [1.165, 1.54) is 10.8 Å².